The molecule has 5 heteroatoms. The van der Waals surface area contributed by atoms with Gasteiger partial charge in [0, 0.05) is 58.9 Å². The number of rotatable bonds is 3. The van der Waals surface area contributed by atoms with Gasteiger partial charge in [-0.25, -0.2) is 4.98 Å². The number of aromatic nitrogens is 2. The van der Waals surface area contributed by atoms with Crippen LogP contribution < -0.4 is 9.80 Å². The van der Waals surface area contributed by atoms with Gasteiger partial charge in [0.05, 0.1) is 29.1 Å². The fraction of sp³-hybridized carbons (Fsp3) is 0.0513. The fourth-order valence-corrected chi connectivity index (χ4v) is 6.90. The first kappa shape index (κ1) is 24.8. The van der Waals surface area contributed by atoms with Crippen LogP contribution in [0.3, 0.4) is 0 Å². The van der Waals surface area contributed by atoms with Crippen molar-refractivity contribution in [3.8, 4) is 28.1 Å². The van der Waals surface area contributed by atoms with Crippen LogP contribution in [0, 0.1) is 0 Å². The Labute approximate surface area is 256 Å². The fourth-order valence-electron chi connectivity index (χ4n) is 6.90. The smallest absolute Gasteiger partial charge is 0.137 e. The Morgan fingerprint density at radius 1 is 0.545 bits per heavy atom. The van der Waals surface area contributed by atoms with E-state index in [1.807, 2.05) is 12.3 Å². The molecule has 0 saturated heterocycles. The second kappa shape index (κ2) is 9.61. The van der Waals surface area contributed by atoms with Crippen LogP contribution in [0.1, 0.15) is 0 Å². The van der Waals surface area contributed by atoms with Crippen molar-refractivity contribution in [1.29, 1.82) is 0 Å². The topological polar surface area (TPSA) is 27.5 Å². The molecule has 0 aliphatic carbocycles. The van der Waals surface area contributed by atoms with Crippen LogP contribution >= 0.6 is 0 Å². The van der Waals surface area contributed by atoms with Gasteiger partial charge in [-0.3, -0.25) is 4.57 Å². The van der Waals surface area contributed by atoms with Crippen molar-refractivity contribution < 1.29 is 0 Å². The van der Waals surface area contributed by atoms with E-state index in [1.54, 1.807) is 0 Å². The minimum atomic E-state index is 0.822. The van der Waals surface area contributed by atoms with Gasteiger partial charge in [-0.2, -0.15) is 0 Å². The lowest BCUT2D eigenvalue weighted by Crippen LogP contribution is -2.22. The zero-order chi connectivity index (χ0) is 29.2. The van der Waals surface area contributed by atoms with Gasteiger partial charge in [-0.1, -0.05) is 78.9 Å². The zero-order valence-corrected chi connectivity index (χ0v) is 24.3. The molecule has 0 spiro atoms. The normalized spacial score (nSPS) is 13.7. The molecular weight excluding hydrogens is 538 g/mol. The summed E-state index contributed by atoms with van der Waals surface area (Å²) in [5.41, 5.74) is 11.8. The first-order chi connectivity index (χ1) is 21.7. The average molecular weight is 568 g/mol. The summed E-state index contributed by atoms with van der Waals surface area (Å²) in [7, 11) is 2.11. The number of anilines is 4. The standard InChI is InChI=1S/C39H29N5/c1-41-22-23-42(26-41)27-17-19-33-30-11-3-2-10-29(30)31-12-4-6-14-35(31)43(37(33)24-27)28-18-20-34-32-13-5-7-15-36(32)44(38(34)25-28)39-16-8-9-21-40-39/h2-25H,26H2,1H3. The third kappa shape index (κ3) is 3.69. The van der Waals surface area contributed by atoms with E-state index in [0.29, 0.717) is 0 Å². The van der Waals surface area contributed by atoms with E-state index in [2.05, 4.69) is 160 Å². The van der Waals surface area contributed by atoms with Gasteiger partial charge < -0.3 is 14.7 Å². The zero-order valence-electron chi connectivity index (χ0n) is 24.3. The summed E-state index contributed by atoms with van der Waals surface area (Å²) in [5.74, 6) is 0.909. The lowest BCUT2D eigenvalue weighted by molar-refractivity contribution is 0.496. The molecule has 2 aliphatic rings. The van der Waals surface area contributed by atoms with Crippen LogP contribution in [-0.4, -0.2) is 28.2 Å². The Morgan fingerprint density at radius 3 is 2.05 bits per heavy atom. The predicted octanol–water partition coefficient (Wildman–Crippen LogP) is 9.48. The Morgan fingerprint density at radius 2 is 1.25 bits per heavy atom. The summed E-state index contributed by atoms with van der Waals surface area (Å²) < 4.78 is 2.29. The van der Waals surface area contributed by atoms with Crippen LogP contribution in [-0.2, 0) is 0 Å². The van der Waals surface area contributed by atoms with Crippen LogP contribution in [0.25, 0.3) is 49.9 Å². The summed E-state index contributed by atoms with van der Waals surface area (Å²) in [6, 6.07) is 46.0. The minimum absolute atomic E-state index is 0.822. The first-order valence-electron chi connectivity index (χ1n) is 15.0. The number of fused-ring (bicyclic) bond motifs is 8. The van der Waals surface area contributed by atoms with E-state index in [4.69, 9.17) is 4.98 Å². The molecule has 0 bridgehead atoms. The van der Waals surface area contributed by atoms with Crippen molar-refractivity contribution in [3.05, 3.63) is 146 Å². The lowest BCUT2D eigenvalue weighted by Gasteiger charge is -2.29. The van der Waals surface area contributed by atoms with Crippen LogP contribution in [0.4, 0.5) is 22.7 Å². The average Bonchev–Trinajstić information content (AvgIpc) is 3.63. The third-order valence-electron chi connectivity index (χ3n) is 8.88. The number of benzene rings is 5. The molecule has 7 aromatic rings. The van der Waals surface area contributed by atoms with Crippen molar-refractivity contribution in [2.24, 2.45) is 0 Å². The number of hydrogen-bond donors (Lipinski definition) is 0. The second-order valence-corrected chi connectivity index (χ2v) is 11.5. The summed E-state index contributed by atoms with van der Waals surface area (Å²) in [6.07, 6.45) is 6.14. The first-order valence-corrected chi connectivity index (χ1v) is 15.0. The molecule has 4 heterocycles. The molecule has 9 rings (SSSR count). The third-order valence-corrected chi connectivity index (χ3v) is 8.88. The van der Waals surface area contributed by atoms with Gasteiger partial charge in [-0.15, -0.1) is 0 Å². The number of pyridine rings is 1. The molecule has 0 N–H and O–H groups in total. The summed E-state index contributed by atoms with van der Waals surface area (Å²) in [6.45, 7) is 0.822. The van der Waals surface area contributed by atoms with E-state index in [1.165, 1.54) is 33.0 Å². The Hall–Kier alpha value is -5.81. The molecule has 2 aliphatic heterocycles. The molecule has 0 radical (unpaired) electrons. The maximum absolute atomic E-state index is 4.77. The Kier molecular flexibility index (Phi) is 5.41. The van der Waals surface area contributed by atoms with Crippen molar-refractivity contribution in [2.45, 2.75) is 0 Å². The van der Waals surface area contributed by atoms with Gasteiger partial charge >= 0.3 is 0 Å². The van der Waals surface area contributed by atoms with Gasteiger partial charge in [0.1, 0.15) is 5.82 Å². The second-order valence-electron chi connectivity index (χ2n) is 11.5. The highest BCUT2D eigenvalue weighted by atomic mass is 15.3. The number of nitrogens with zero attached hydrogens (tertiary/aromatic N) is 5. The van der Waals surface area contributed by atoms with E-state index in [0.717, 1.165) is 46.3 Å². The number of para-hydroxylation sites is 2. The van der Waals surface area contributed by atoms with Crippen molar-refractivity contribution >= 4 is 44.6 Å². The van der Waals surface area contributed by atoms with Crippen molar-refractivity contribution in [1.82, 2.24) is 14.5 Å². The van der Waals surface area contributed by atoms with Crippen LogP contribution in [0.15, 0.2) is 146 Å². The SMILES string of the molecule is CN1C=CN(c2ccc3c(c2)N(c2ccc4c5ccccc5n(-c5ccccn5)c4c2)c2ccccc2-c2ccccc2-3)C1. The summed E-state index contributed by atoms with van der Waals surface area (Å²) in [4.78, 5) is 11.7. The Bertz CT molecular complexity index is 2250. The molecule has 44 heavy (non-hydrogen) atoms. The monoisotopic (exact) mass is 567 g/mol. The van der Waals surface area contributed by atoms with Gasteiger partial charge in [0.2, 0.25) is 0 Å². The predicted molar refractivity (Wildman–Crippen MR) is 182 cm³/mol. The van der Waals surface area contributed by atoms with E-state index in [-0.39, 0.29) is 0 Å². The highest BCUT2D eigenvalue weighted by Crippen LogP contribution is 2.52. The highest BCUT2D eigenvalue weighted by Gasteiger charge is 2.27. The molecule has 0 fully saturated rings. The van der Waals surface area contributed by atoms with E-state index >= 15 is 0 Å². The molecule has 0 unspecified atom stereocenters. The van der Waals surface area contributed by atoms with E-state index in [9.17, 15) is 0 Å². The summed E-state index contributed by atoms with van der Waals surface area (Å²) >= 11 is 0. The summed E-state index contributed by atoms with van der Waals surface area (Å²) in [5, 5.41) is 2.43. The maximum Gasteiger partial charge on any atom is 0.137 e. The highest BCUT2D eigenvalue weighted by molar-refractivity contribution is 6.11. The molecule has 5 aromatic carbocycles. The molecule has 0 atom stereocenters. The van der Waals surface area contributed by atoms with Gasteiger partial charge in [0.15, 0.2) is 0 Å². The maximum atomic E-state index is 4.77. The molecule has 210 valence electrons. The van der Waals surface area contributed by atoms with Gasteiger partial charge in [0.25, 0.3) is 0 Å². The number of hydrogen-bond acceptors (Lipinski definition) is 4. The minimum Gasteiger partial charge on any atom is -0.361 e. The molecule has 0 amide bonds. The lowest BCUT2D eigenvalue weighted by atomic mass is 9.94. The van der Waals surface area contributed by atoms with Gasteiger partial charge in [-0.05, 0) is 59.7 Å². The van der Waals surface area contributed by atoms with Crippen LogP contribution in [0.2, 0.25) is 0 Å². The quantitative estimate of drug-likeness (QED) is 0.213. The Balaban J connectivity index is 1.35. The van der Waals surface area contributed by atoms with E-state index < -0.39 is 0 Å². The molecule has 2 aromatic heterocycles. The molecular formula is C39H29N5. The van der Waals surface area contributed by atoms with Crippen LogP contribution in [0.5, 0.6) is 0 Å². The van der Waals surface area contributed by atoms with Crippen molar-refractivity contribution in [2.75, 3.05) is 23.5 Å². The van der Waals surface area contributed by atoms with Crippen molar-refractivity contribution in [3.63, 3.8) is 0 Å². The molecule has 0 saturated carbocycles. The molecule has 5 nitrogen and oxygen atoms in total. The largest absolute Gasteiger partial charge is 0.361 e.